The van der Waals surface area contributed by atoms with Crippen molar-refractivity contribution in [3.8, 4) is 0 Å². The number of carbonyl (C=O) groups is 1. The maximum atomic E-state index is 12.0. The lowest BCUT2D eigenvalue weighted by molar-refractivity contribution is -0.163. The second-order valence-corrected chi connectivity index (χ2v) is 7.37. The number of esters is 1. The number of ether oxygens (including phenoxy) is 3. The Balaban J connectivity index is 1.70. The average Bonchev–Trinajstić information content (AvgIpc) is 2.55. The monoisotopic (exact) mass is 315 g/mol. The van der Waals surface area contributed by atoms with E-state index in [2.05, 4.69) is 4.90 Å². The first-order chi connectivity index (χ1) is 10.2. The van der Waals surface area contributed by atoms with Gasteiger partial charge in [0.15, 0.2) is 0 Å². The highest BCUT2D eigenvalue weighted by Crippen LogP contribution is 2.39. The molecule has 0 aromatic rings. The van der Waals surface area contributed by atoms with Crippen LogP contribution in [0.15, 0.2) is 0 Å². The minimum absolute atomic E-state index is 0.0488. The Hall–Kier alpha value is -0.300. The van der Waals surface area contributed by atoms with Crippen LogP contribution in [0.1, 0.15) is 25.7 Å². The standard InChI is InChI=1S/C15H25NO4S/c1-18-14(17)13-11-19-7-5-16(13)12-2-6-20-15(10-12)3-8-21-9-4-15/h12-13H,2-11H2,1H3. The van der Waals surface area contributed by atoms with E-state index in [1.807, 2.05) is 11.8 Å². The van der Waals surface area contributed by atoms with Gasteiger partial charge in [0.25, 0.3) is 0 Å². The summed E-state index contributed by atoms with van der Waals surface area (Å²) in [5.41, 5.74) is 0.0488. The molecule has 1 spiro atoms. The summed E-state index contributed by atoms with van der Waals surface area (Å²) in [7, 11) is 1.46. The second kappa shape index (κ2) is 6.86. The fraction of sp³-hybridized carbons (Fsp3) is 0.933. The number of hydrogen-bond donors (Lipinski definition) is 0. The summed E-state index contributed by atoms with van der Waals surface area (Å²) < 4.78 is 16.6. The molecule has 0 aliphatic carbocycles. The van der Waals surface area contributed by atoms with Gasteiger partial charge in [-0.2, -0.15) is 11.8 Å². The first kappa shape index (κ1) is 15.6. The molecule has 6 heteroatoms. The molecule has 3 fully saturated rings. The van der Waals surface area contributed by atoms with Crippen molar-refractivity contribution in [1.82, 2.24) is 4.90 Å². The largest absolute Gasteiger partial charge is 0.468 e. The van der Waals surface area contributed by atoms with E-state index >= 15 is 0 Å². The predicted molar refractivity (Wildman–Crippen MR) is 81.6 cm³/mol. The summed E-state index contributed by atoms with van der Waals surface area (Å²) in [6, 6.07) is 0.164. The van der Waals surface area contributed by atoms with E-state index in [-0.39, 0.29) is 17.6 Å². The zero-order valence-corrected chi connectivity index (χ0v) is 13.5. The third-order valence-electron chi connectivity index (χ3n) is 4.98. The first-order valence-electron chi connectivity index (χ1n) is 7.87. The van der Waals surface area contributed by atoms with Crippen molar-refractivity contribution >= 4 is 17.7 Å². The molecule has 21 heavy (non-hydrogen) atoms. The van der Waals surface area contributed by atoms with Crippen LogP contribution in [0.3, 0.4) is 0 Å². The summed E-state index contributed by atoms with van der Waals surface area (Å²) in [6.45, 7) is 2.77. The SMILES string of the molecule is COC(=O)C1COCCN1C1CCOC2(CCSCC2)C1. The van der Waals surface area contributed by atoms with Gasteiger partial charge in [-0.25, -0.2) is 0 Å². The molecule has 3 aliphatic rings. The molecule has 2 atom stereocenters. The topological polar surface area (TPSA) is 48.0 Å². The van der Waals surface area contributed by atoms with E-state index in [9.17, 15) is 4.79 Å². The molecule has 0 saturated carbocycles. The van der Waals surface area contributed by atoms with Gasteiger partial charge in [-0.15, -0.1) is 0 Å². The van der Waals surface area contributed by atoms with Gasteiger partial charge in [0.05, 0.1) is 25.9 Å². The lowest BCUT2D eigenvalue weighted by atomic mass is 9.84. The summed E-state index contributed by atoms with van der Waals surface area (Å²) in [4.78, 5) is 14.3. The number of morpholine rings is 1. The highest BCUT2D eigenvalue weighted by Gasteiger charge is 2.43. The van der Waals surface area contributed by atoms with E-state index in [0.29, 0.717) is 19.3 Å². The summed E-state index contributed by atoms with van der Waals surface area (Å²) >= 11 is 2.02. The van der Waals surface area contributed by atoms with Crippen molar-refractivity contribution in [2.45, 2.75) is 43.4 Å². The average molecular weight is 315 g/mol. The van der Waals surface area contributed by atoms with Crippen LogP contribution in [0.4, 0.5) is 0 Å². The molecule has 0 aromatic heterocycles. The van der Waals surface area contributed by atoms with Crippen LogP contribution in [0.2, 0.25) is 0 Å². The summed E-state index contributed by atoms with van der Waals surface area (Å²) in [5.74, 6) is 2.21. The Morgan fingerprint density at radius 3 is 2.90 bits per heavy atom. The van der Waals surface area contributed by atoms with Crippen LogP contribution in [0.5, 0.6) is 0 Å². The Morgan fingerprint density at radius 2 is 2.14 bits per heavy atom. The molecule has 3 rings (SSSR count). The zero-order chi connectivity index (χ0) is 14.7. The van der Waals surface area contributed by atoms with E-state index in [1.165, 1.54) is 18.6 Å². The van der Waals surface area contributed by atoms with Crippen molar-refractivity contribution in [3.63, 3.8) is 0 Å². The van der Waals surface area contributed by atoms with Gasteiger partial charge in [-0.1, -0.05) is 0 Å². The third-order valence-corrected chi connectivity index (χ3v) is 5.97. The van der Waals surface area contributed by atoms with Gasteiger partial charge in [-0.3, -0.25) is 9.69 Å². The first-order valence-corrected chi connectivity index (χ1v) is 9.03. The van der Waals surface area contributed by atoms with Crippen LogP contribution >= 0.6 is 11.8 Å². The lowest BCUT2D eigenvalue weighted by Gasteiger charge is -2.48. The van der Waals surface area contributed by atoms with Crippen molar-refractivity contribution in [1.29, 1.82) is 0 Å². The molecule has 3 heterocycles. The molecule has 2 unspecified atom stereocenters. The quantitative estimate of drug-likeness (QED) is 0.716. The van der Waals surface area contributed by atoms with Crippen molar-refractivity contribution in [2.24, 2.45) is 0 Å². The number of nitrogens with zero attached hydrogens (tertiary/aromatic N) is 1. The second-order valence-electron chi connectivity index (χ2n) is 6.14. The van der Waals surface area contributed by atoms with Gasteiger partial charge in [0, 0.05) is 19.2 Å². The molecule has 0 radical (unpaired) electrons. The minimum atomic E-state index is -0.248. The van der Waals surface area contributed by atoms with E-state index in [1.54, 1.807) is 0 Å². The number of rotatable bonds is 2. The van der Waals surface area contributed by atoms with Crippen LogP contribution in [-0.4, -0.2) is 73.5 Å². The highest BCUT2D eigenvalue weighted by molar-refractivity contribution is 7.99. The zero-order valence-electron chi connectivity index (χ0n) is 12.7. The number of methoxy groups -OCH3 is 1. The van der Waals surface area contributed by atoms with Gasteiger partial charge in [-0.05, 0) is 37.2 Å². The number of hydrogen-bond acceptors (Lipinski definition) is 6. The molecule has 3 aliphatic heterocycles. The van der Waals surface area contributed by atoms with E-state index in [4.69, 9.17) is 14.2 Å². The fourth-order valence-corrected chi connectivity index (χ4v) is 5.01. The lowest BCUT2D eigenvalue weighted by Crippen LogP contribution is -2.58. The van der Waals surface area contributed by atoms with Crippen LogP contribution in [0.25, 0.3) is 0 Å². The molecule has 5 nitrogen and oxygen atoms in total. The van der Waals surface area contributed by atoms with Gasteiger partial charge in [0.1, 0.15) is 6.04 Å². The molecular formula is C15H25NO4S. The van der Waals surface area contributed by atoms with Crippen LogP contribution in [-0.2, 0) is 19.0 Å². The van der Waals surface area contributed by atoms with Crippen LogP contribution in [0, 0.1) is 0 Å². The molecule has 3 saturated heterocycles. The van der Waals surface area contributed by atoms with Gasteiger partial charge < -0.3 is 14.2 Å². The maximum absolute atomic E-state index is 12.0. The molecule has 0 aromatic carbocycles. The predicted octanol–water partition coefficient (Wildman–Crippen LogP) is 1.30. The third kappa shape index (κ3) is 3.38. The summed E-state index contributed by atoms with van der Waals surface area (Å²) in [5, 5.41) is 0. The normalized spacial score (nSPS) is 33.8. The molecule has 120 valence electrons. The Morgan fingerprint density at radius 1 is 1.33 bits per heavy atom. The van der Waals surface area contributed by atoms with E-state index < -0.39 is 0 Å². The smallest absolute Gasteiger partial charge is 0.325 e. The van der Waals surface area contributed by atoms with Crippen molar-refractivity contribution in [3.05, 3.63) is 0 Å². The summed E-state index contributed by atoms with van der Waals surface area (Å²) in [6.07, 6.45) is 4.33. The van der Waals surface area contributed by atoms with Gasteiger partial charge in [0.2, 0.25) is 0 Å². The van der Waals surface area contributed by atoms with Crippen molar-refractivity contribution < 1.29 is 19.0 Å². The molecule has 0 amide bonds. The highest BCUT2D eigenvalue weighted by atomic mass is 32.2. The Bertz CT molecular complexity index is 367. The fourth-order valence-electron chi connectivity index (χ4n) is 3.77. The molecule has 0 N–H and O–H groups in total. The Labute approximate surface area is 130 Å². The van der Waals surface area contributed by atoms with Crippen molar-refractivity contribution in [2.75, 3.05) is 45.0 Å². The van der Waals surface area contributed by atoms with Crippen LogP contribution < -0.4 is 0 Å². The van der Waals surface area contributed by atoms with E-state index in [0.717, 1.165) is 38.8 Å². The molecule has 0 bridgehead atoms. The minimum Gasteiger partial charge on any atom is -0.468 e. The van der Waals surface area contributed by atoms with Gasteiger partial charge >= 0.3 is 5.97 Å². The number of thioether (sulfide) groups is 1. The number of carbonyl (C=O) groups excluding carboxylic acids is 1. The molecular weight excluding hydrogens is 290 g/mol. The maximum Gasteiger partial charge on any atom is 0.325 e. The Kier molecular flexibility index (Phi) is 5.09.